The third-order valence-corrected chi connectivity index (χ3v) is 4.29. The lowest BCUT2D eigenvalue weighted by molar-refractivity contribution is 0.0951. The van der Waals surface area contributed by atoms with Gasteiger partial charge in [-0.05, 0) is 54.3 Å². The van der Waals surface area contributed by atoms with E-state index in [4.69, 9.17) is 9.47 Å². The highest BCUT2D eigenvalue weighted by Gasteiger charge is 2.07. The number of aromatic amines is 1. The average Bonchev–Trinajstić information content (AvgIpc) is 3.35. The van der Waals surface area contributed by atoms with Gasteiger partial charge in [-0.3, -0.25) is 4.79 Å². The number of hydrogen-bond acceptors (Lipinski definition) is 5. The third kappa shape index (κ3) is 4.73. The van der Waals surface area contributed by atoms with Gasteiger partial charge in [-0.15, -0.1) is 11.3 Å². The topological polar surface area (TPSA) is 75.7 Å². The Labute approximate surface area is 155 Å². The second-order valence-electron chi connectivity index (χ2n) is 5.29. The molecule has 2 heterocycles. The SMILES string of the molecule is CCOc1cc(/C=N\NC(=O)c2ccc[nH]2)ccc1OCc1cccs1. The molecule has 2 aromatic heterocycles. The van der Waals surface area contributed by atoms with Crippen molar-refractivity contribution in [2.75, 3.05) is 6.61 Å². The smallest absolute Gasteiger partial charge is 0.287 e. The van der Waals surface area contributed by atoms with Gasteiger partial charge in [0.25, 0.3) is 5.91 Å². The van der Waals surface area contributed by atoms with E-state index in [1.807, 2.05) is 42.6 Å². The number of benzene rings is 1. The lowest BCUT2D eigenvalue weighted by Gasteiger charge is -2.12. The summed E-state index contributed by atoms with van der Waals surface area (Å²) in [6.45, 7) is 2.94. The molecule has 0 aliphatic heterocycles. The van der Waals surface area contributed by atoms with Gasteiger partial charge < -0.3 is 14.5 Å². The molecule has 0 aliphatic rings. The van der Waals surface area contributed by atoms with Crippen LogP contribution in [0.5, 0.6) is 11.5 Å². The predicted molar refractivity (Wildman–Crippen MR) is 102 cm³/mol. The Balaban J connectivity index is 1.65. The second kappa shape index (κ2) is 8.87. The zero-order chi connectivity index (χ0) is 18.2. The van der Waals surface area contributed by atoms with Crippen LogP contribution in [-0.2, 0) is 6.61 Å². The number of hydrazone groups is 1. The summed E-state index contributed by atoms with van der Waals surface area (Å²) in [6.07, 6.45) is 3.24. The van der Waals surface area contributed by atoms with Crippen LogP contribution in [-0.4, -0.2) is 23.7 Å². The average molecular weight is 369 g/mol. The summed E-state index contributed by atoms with van der Waals surface area (Å²) < 4.78 is 11.5. The van der Waals surface area contributed by atoms with Crippen molar-refractivity contribution >= 4 is 23.5 Å². The van der Waals surface area contributed by atoms with Crippen molar-refractivity contribution in [3.8, 4) is 11.5 Å². The van der Waals surface area contributed by atoms with E-state index < -0.39 is 0 Å². The van der Waals surface area contributed by atoms with Crippen LogP contribution in [0.15, 0.2) is 59.1 Å². The van der Waals surface area contributed by atoms with E-state index in [1.165, 1.54) is 0 Å². The number of nitrogens with one attached hydrogen (secondary N) is 2. The van der Waals surface area contributed by atoms with E-state index in [2.05, 4.69) is 15.5 Å². The molecule has 7 heteroatoms. The zero-order valence-electron chi connectivity index (χ0n) is 14.3. The van der Waals surface area contributed by atoms with Gasteiger partial charge in [0, 0.05) is 11.1 Å². The molecular formula is C19H19N3O3S. The molecule has 0 saturated carbocycles. The van der Waals surface area contributed by atoms with Crippen molar-refractivity contribution in [1.29, 1.82) is 0 Å². The summed E-state index contributed by atoms with van der Waals surface area (Å²) in [5.41, 5.74) is 3.72. The molecule has 0 fully saturated rings. The van der Waals surface area contributed by atoms with Crippen LogP contribution in [0.2, 0.25) is 0 Å². The fourth-order valence-electron chi connectivity index (χ4n) is 2.23. The highest BCUT2D eigenvalue weighted by atomic mass is 32.1. The first-order valence-electron chi connectivity index (χ1n) is 8.15. The Kier molecular flexibility index (Phi) is 6.05. The molecule has 3 aromatic rings. The molecule has 0 bridgehead atoms. The largest absolute Gasteiger partial charge is 0.490 e. The van der Waals surface area contributed by atoms with E-state index in [0.29, 0.717) is 30.4 Å². The van der Waals surface area contributed by atoms with Crippen molar-refractivity contribution in [2.24, 2.45) is 5.10 Å². The molecule has 1 amide bonds. The first-order chi connectivity index (χ1) is 12.8. The van der Waals surface area contributed by atoms with E-state index >= 15 is 0 Å². The molecule has 2 N–H and O–H groups in total. The van der Waals surface area contributed by atoms with Gasteiger partial charge in [0.2, 0.25) is 0 Å². The quantitative estimate of drug-likeness (QED) is 0.468. The standard InChI is InChI=1S/C19H19N3O3S/c1-2-24-18-11-14(12-21-22-19(23)16-6-3-9-20-16)7-8-17(18)25-13-15-5-4-10-26-15/h3-12,20H,2,13H2,1H3,(H,22,23)/b21-12-. The summed E-state index contributed by atoms with van der Waals surface area (Å²) in [7, 11) is 0. The fourth-order valence-corrected chi connectivity index (χ4v) is 2.85. The molecule has 134 valence electrons. The first kappa shape index (κ1) is 17.8. The van der Waals surface area contributed by atoms with E-state index in [1.54, 1.807) is 35.9 Å². The molecule has 1 aromatic carbocycles. The maximum Gasteiger partial charge on any atom is 0.287 e. The summed E-state index contributed by atoms with van der Waals surface area (Å²) in [5, 5.41) is 5.99. The highest BCUT2D eigenvalue weighted by Crippen LogP contribution is 2.29. The van der Waals surface area contributed by atoms with Crippen molar-refractivity contribution in [2.45, 2.75) is 13.5 Å². The molecule has 3 rings (SSSR count). The summed E-state index contributed by atoms with van der Waals surface area (Å²) in [4.78, 5) is 15.8. The van der Waals surface area contributed by atoms with Crippen LogP contribution in [0.4, 0.5) is 0 Å². The number of amides is 1. The molecule has 0 atom stereocenters. The Hall–Kier alpha value is -3.06. The number of carbonyl (C=O) groups is 1. The predicted octanol–water partition coefficient (Wildman–Crippen LogP) is 3.82. The van der Waals surface area contributed by atoms with Gasteiger partial charge in [-0.25, -0.2) is 5.43 Å². The summed E-state index contributed by atoms with van der Waals surface area (Å²) in [5.74, 6) is 1.02. The molecule has 26 heavy (non-hydrogen) atoms. The Morgan fingerprint density at radius 2 is 2.15 bits per heavy atom. The molecule has 0 saturated heterocycles. The van der Waals surface area contributed by atoms with Gasteiger partial charge in [-0.1, -0.05) is 6.07 Å². The van der Waals surface area contributed by atoms with Gasteiger partial charge in [-0.2, -0.15) is 5.10 Å². The summed E-state index contributed by atoms with van der Waals surface area (Å²) >= 11 is 1.65. The minimum atomic E-state index is -0.299. The monoisotopic (exact) mass is 369 g/mol. The molecule has 6 nitrogen and oxygen atoms in total. The number of H-pyrrole nitrogens is 1. The van der Waals surface area contributed by atoms with Crippen LogP contribution < -0.4 is 14.9 Å². The first-order valence-corrected chi connectivity index (χ1v) is 9.03. The van der Waals surface area contributed by atoms with Crippen LogP contribution in [0, 0.1) is 0 Å². The van der Waals surface area contributed by atoms with Crippen LogP contribution in [0.25, 0.3) is 0 Å². The number of ether oxygens (including phenoxy) is 2. The Morgan fingerprint density at radius 1 is 1.23 bits per heavy atom. The minimum absolute atomic E-state index is 0.299. The van der Waals surface area contributed by atoms with Crippen molar-refractivity contribution in [3.05, 3.63) is 70.2 Å². The number of rotatable bonds is 8. The Morgan fingerprint density at radius 3 is 2.88 bits per heavy atom. The number of carbonyl (C=O) groups excluding carboxylic acids is 1. The number of nitrogens with zero attached hydrogens (tertiary/aromatic N) is 1. The van der Waals surface area contributed by atoms with Gasteiger partial charge in [0.05, 0.1) is 12.8 Å². The van der Waals surface area contributed by atoms with Gasteiger partial charge in [0.1, 0.15) is 12.3 Å². The van der Waals surface area contributed by atoms with Crippen LogP contribution in [0.1, 0.15) is 27.9 Å². The maximum atomic E-state index is 11.8. The molecule has 0 spiro atoms. The van der Waals surface area contributed by atoms with Gasteiger partial charge in [0.15, 0.2) is 11.5 Å². The Bertz CT molecular complexity index is 858. The lowest BCUT2D eigenvalue weighted by atomic mass is 10.2. The third-order valence-electron chi connectivity index (χ3n) is 3.44. The number of hydrogen-bond donors (Lipinski definition) is 2. The number of thiophene rings is 1. The zero-order valence-corrected chi connectivity index (χ0v) is 15.1. The van der Waals surface area contributed by atoms with E-state index in [0.717, 1.165) is 10.4 Å². The lowest BCUT2D eigenvalue weighted by Crippen LogP contribution is -2.17. The fraction of sp³-hybridized carbons (Fsp3) is 0.158. The molecule has 0 aliphatic carbocycles. The van der Waals surface area contributed by atoms with E-state index in [-0.39, 0.29) is 5.91 Å². The van der Waals surface area contributed by atoms with Crippen molar-refractivity contribution < 1.29 is 14.3 Å². The van der Waals surface area contributed by atoms with Crippen molar-refractivity contribution in [1.82, 2.24) is 10.4 Å². The normalized spacial score (nSPS) is 10.8. The molecular weight excluding hydrogens is 350 g/mol. The van der Waals surface area contributed by atoms with Gasteiger partial charge >= 0.3 is 0 Å². The molecule has 0 radical (unpaired) electrons. The summed E-state index contributed by atoms with van der Waals surface area (Å²) in [6, 6.07) is 13.0. The minimum Gasteiger partial charge on any atom is -0.490 e. The number of aromatic nitrogens is 1. The van der Waals surface area contributed by atoms with Crippen molar-refractivity contribution in [3.63, 3.8) is 0 Å². The highest BCUT2D eigenvalue weighted by molar-refractivity contribution is 7.09. The molecule has 0 unspecified atom stereocenters. The van der Waals surface area contributed by atoms with Crippen LogP contribution >= 0.6 is 11.3 Å². The maximum absolute atomic E-state index is 11.8. The van der Waals surface area contributed by atoms with E-state index in [9.17, 15) is 4.79 Å². The van der Waals surface area contributed by atoms with Crippen LogP contribution in [0.3, 0.4) is 0 Å². The second-order valence-corrected chi connectivity index (χ2v) is 6.32.